The lowest BCUT2D eigenvalue weighted by molar-refractivity contribution is -0.00179. The average molecular weight is 401 g/mol. The van der Waals surface area contributed by atoms with Gasteiger partial charge in [0, 0.05) is 30.2 Å². The van der Waals surface area contributed by atoms with Gasteiger partial charge >= 0.3 is 0 Å². The summed E-state index contributed by atoms with van der Waals surface area (Å²) in [6.07, 6.45) is 0.188. The summed E-state index contributed by atoms with van der Waals surface area (Å²) in [5, 5.41) is 13.3. The van der Waals surface area contributed by atoms with Crippen molar-refractivity contribution in [2.45, 2.75) is 45.4 Å². The highest BCUT2D eigenvalue weighted by atomic mass is 35.5. The molecule has 1 fully saturated rings. The molecular weight excluding hydrogens is 371 g/mol. The molecule has 1 saturated heterocycles. The Labute approximate surface area is 165 Å². The first-order valence-corrected chi connectivity index (χ1v) is 9.62. The van der Waals surface area contributed by atoms with Crippen LogP contribution in [0.5, 0.6) is 5.75 Å². The number of nitrogens with zero attached hydrogens (tertiary/aromatic N) is 1. The molecule has 0 bridgehead atoms. The molecule has 0 radical (unpaired) electrons. The van der Waals surface area contributed by atoms with E-state index in [-0.39, 0.29) is 17.9 Å². The van der Waals surface area contributed by atoms with E-state index in [1.807, 2.05) is 20.8 Å². The van der Waals surface area contributed by atoms with Gasteiger partial charge in [0.05, 0.1) is 19.8 Å². The molecule has 1 aromatic rings. The fraction of sp³-hybridized carbons (Fsp3) is 0.650. The number of amides is 1. The van der Waals surface area contributed by atoms with Crippen LogP contribution in [0.1, 0.15) is 44.0 Å². The smallest absolute Gasteiger partial charge is 0.251 e. The minimum Gasteiger partial charge on any atom is -0.497 e. The largest absolute Gasteiger partial charge is 0.497 e. The van der Waals surface area contributed by atoms with E-state index in [1.165, 1.54) is 13.2 Å². The number of likely N-dealkylation sites (tertiary alicyclic amines) is 1. The van der Waals surface area contributed by atoms with Crippen LogP contribution in [0, 0.1) is 5.41 Å². The average Bonchev–Trinajstić information content (AvgIpc) is 2.60. The van der Waals surface area contributed by atoms with Crippen molar-refractivity contribution in [2.75, 3.05) is 33.3 Å². The van der Waals surface area contributed by atoms with Crippen molar-refractivity contribution < 1.29 is 19.0 Å². The SMILES string of the molecule is COc1cc(Cl)cc(C(=O)NCC2(F)CCN(C[C@@H](O)C(C)(C)C)CC2)c1. The molecular formula is C20H30ClFN2O3. The van der Waals surface area contributed by atoms with Crippen molar-refractivity contribution >= 4 is 17.5 Å². The highest BCUT2D eigenvalue weighted by Gasteiger charge is 2.36. The van der Waals surface area contributed by atoms with Crippen molar-refractivity contribution in [1.82, 2.24) is 10.2 Å². The van der Waals surface area contributed by atoms with Crippen LogP contribution in [-0.4, -0.2) is 61.0 Å². The lowest BCUT2D eigenvalue weighted by Gasteiger charge is -2.39. The Hall–Kier alpha value is -1.37. The molecule has 1 heterocycles. The Kier molecular flexibility index (Phi) is 7.11. The van der Waals surface area contributed by atoms with Crippen molar-refractivity contribution in [1.29, 1.82) is 0 Å². The Morgan fingerprint density at radius 1 is 1.37 bits per heavy atom. The van der Waals surface area contributed by atoms with Gasteiger partial charge in [0.25, 0.3) is 5.91 Å². The fourth-order valence-corrected chi connectivity index (χ4v) is 3.21. The van der Waals surface area contributed by atoms with Crippen LogP contribution in [0.2, 0.25) is 5.02 Å². The molecule has 1 amide bonds. The molecule has 7 heteroatoms. The topological polar surface area (TPSA) is 61.8 Å². The number of aliphatic hydroxyl groups is 1. The Bertz CT molecular complexity index is 655. The maximum absolute atomic E-state index is 15.1. The first kappa shape index (κ1) is 21.9. The van der Waals surface area contributed by atoms with Gasteiger partial charge in [-0.1, -0.05) is 32.4 Å². The highest BCUT2D eigenvalue weighted by Crippen LogP contribution is 2.28. The van der Waals surface area contributed by atoms with E-state index in [0.29, 0.717) is 48.8 Å². The van der Waals surface area contributed by atoms with Gasteiger partial charge in [-0.2, -0.15) is 0 Å². The molecule has 0 aliphatic carbocycles. The lowest BCUT2D eigenvalue weighted by Crippen LogP contribution is -2.50. The minimum atomic E-state index is -1.44. The first-order valence-electron chi connectivity index (χ1n) is 9.24. The van der Waals surface area contributed by atoms with E-state index in [2.05, 4.69) is 10.2 Å². The van der Waals surface area contributed by atoms with Crippen LogP contribution >= 0.6 is 11.6 Å². The minimum absolute atomic E-state index is 0.0453. The number of alkyl halides is 1. The number of piperidine rings is 1. The van der Waals surface area contributed by atoms with Crippen LogP contribution in [0.3, 0.4) is 0 Å². The Morgan fingerprint density at radius 2 is 2.00 bits per heavy atom. The number of rotatable bonds is 6. The Morgan fingerprint density at radius 3 is 2.56 bits per heavy atom. The van der Waals surface area contributed by atoms with Crippen molar-refractivity contribution in [2.24, 2.45) is 5.41 Å². The predicted molar refractivity (Wildman–Crippen MR) is 105 cm³/mol. The molecule has 27 heavy (non-hydrogen) atoms. The molecule has 0 unspecified atom stereocenters. The number of methoxy groups -OCH3 is 1. The molecule has 5 nitrogen and oxygen atoms in total. The summed E-state index contributed by atoms with van der Waals surface area (Å²) in [6.45, 7) is 7.57. The van der Waals surface area contributed by atoms with Crippen molar-refractivity contribution in [3.8, 4) is 5.75 Å². The van der Waals surface area contributed by atoms with E-state index < -0.39 is 11.8 Å². The summed E-state index contributed by atoms with van der Waals surface area (Å²) < 4.78 is 20.2. The molecule has 1 aliphatic heterocycles. The van der Waals surface area contributed by atoms with Gasteiger partial charge in [-0.25, -0.2) is 4.39 Å². The zero-order valence-electron chi connectivity index (χ0n) is 16.5. The second-order valence-corrected chi connectivity index (χ2v) is 8.83. The monoisotopic (exact) mass is 400 g/mol. The second-order valence-electron chi connectivity index (χ2n) is 8.40. The highest BCUT2D eigenvalue weighted by molar-refractivity contribution is 6.31. The van der Waals surface area contributed by atoms with Gasteiger partial charge in [-0.15, -0.1) is 0 Å². The number of hydrogen-bond donors (Lipinski definition) is 2. The maximum atomic E-state index is 15.1. The number of halogens is 2. The molecule has 0 saturated carbocycles. The number of benzene rings is 1. The van der Waals surface area contributed by atoms with Gasteiger partial charge in [-0.05, 0) is 36.5 Å². The van der Waals surface area contributed by atoms with E-state index in [4.69, 9.17) is 16.3 Å². The fourth-order valence-electron chi connectivity index (χ4n) is 2.98. The van der Waals surface area contributed by atoms with E-state index in [1.54, 1.807) is 12.1 Å². The van der Waals surface area contributed by atoms with Gasteiger partial charge in [0.2, 0.25) is 0 Å². The van der Waals surface area contributed by atoms with Crippen molar-refractivity contribution in [3.63, 3.8) is 0 Å². The predicted octanol–water partition coefficient (Wildman–Crippen LogP) is 3.29. The number of ether oxygens (including phenoxy) is 1. The molecule has 2 rings (SSSR count). The summed E-state index contributed by atoms with van der Waals surface area (Å²) in [5.41, 5.74) is -1.30. The third-order valence-electron chi connectivity index (χ3n) is 5.12. The molecule has 152 valence electrons. The Balaban J connectivity index is 1.86. The number of β-amino-alcohol motifs (C(OH)–C–C–N with tert-alkyl or cyclic N) is 1. The molecule has 0 aromatic heterocycles. The molecule has 0 spiro atoms. The zero-order valence-corrected chi connectivity index (χ0v) is 17.3. The van der Waals surface area contributed by atoms with Crippen LogP contribution in [-0.2, 0) is 0 Å². The van der Waals surface area contributed by atoms with E-state index in [9.17, 15) is 9.90 Å². The maximum Gasteiger partial charge on any atom is 0.251 e. The summed E-state index contributed by atoms with van der Waals surface area (Å²) in [5.74, 6) is 0.103. The molecule has 1 aromatic carbocycles. The van der Waals surface area contributed by atoms with Gasteiger partial charge < -0.3 is 20.1 Å². The molecule has 2 N–H and O–H groups in total. The number of carbonyl (C=O) groups excluding carboxylic acids is 1. The van der Waals surface area contributed by atoms with Crippen LogP contribution in [0.15, 0.2) is 18.2 Å². The number of hydrogen-bond acceptors (Lipinski definition) is 4. The molecule has 1 aliphatic rings. The van der Waals surface area contributed by atoms with Gasteiger partial charge in [0.1, 0.15) is 11.4 Å². The number of nitrogens with one attached hydrogen (secondary N) is 1. The van der Waals surface area contributed by atoms with Gasteiger partial charge in [0.15, 0.2) is 0 Å². The van der Waals surface area contributed by atoms with Crippen LogP contribution < -0.4 is 10.1 Å². The summed E-state index contributed by atoms with van der Waals surface area (Å²) in [7, 11) is 1.49. The van der Waals surface area contributed by atoms with Crippen LogP contribution in [0.25, 0.3) is 0 Å². The van der Waals surface area contributed by atoms with Crippen molar-refractivity contribution in [3.05, 3.63) is 28.8 Å². The summed E-state index contributed by atoms with van der Waals surface area (Å²) in [6, 6.07) is 4.71. The summed E-state index contributed by atoms with van der Waals surface area (Å²) >= 11 is 5.98. The van der Waals surface area contributed by atoms with Crippen LogP contribution in [0.4, 0.5) is 4.39 Å². The number of aliphatic hydroxyl groups excluding tert-OH is 1. The number of carbonyl (C=O) groups is 1. The third-order valence-corrected chi connectivity index (χ3v) is 5.34. The standard InChI is InChI=1S/C20H30ClFN2O3/c1-19(2,3)17(25)12-24-7-5-20(22,6-8-24)13-23-18(26)14-9-15(21)11-16(10-14)27-4/h9-11,17,25H,5-8,12-13H2,1-4H3,(H,23,26)/t17-/m1/s1. The zero-order chi connectivity index (χ0) is 20.2. The summed E-state index contributed by atoms with van der Waals surface area (Å²) in [4.78, 5) is 14.4. The molecule has 1 atom stereocenters. The third kappa shape index (κ3) is 6.33. The quantitative estimate of drug-likeness (QED) is 0.769. The van der Waals surface area contributed by atoms with E-state index >= 15 is 4.39 Å². The second kappa shape index (κ2) is 8.76. The van der Waals surface area contributed by atoms with E-state index in [0.717, 1.165) is 0 Å². The lowest BCUT2D eigenvalue weighted by atomic mass is 9.87. The normalized spacial score (nSPS) is 18.8. The van der Waals surface area contributed by atoms with Gasteiger partial charge in [-0.3, -0.25) is 4.79 Å². The first-order chi connectivity index (χ1) is 12.5.